The lowest BCUT2D eigenvalue weighted by atomic mass is 10.2. The van der Waals surface area contributed by atoms with E-state index < -0.39 is 9.84 Å². The van der Waals surface area contributed by atoms with Gasteiger partial charge in [-0.2, -0.15) is 0 Å². The van der Waals surface area contributed by atoms with Crippen LogP contribution in [0.25, 0.3) is 20.7 Å². The van der Waals surface area contributed by atoms with Crippen molar-refractivity contribution in [2.24, 2.45) is 0 Å². The van der Waals surface area contributed by atoms with Crippen LogP contribution in [-0.4, -0.2) is 30.7 Å². The van der Waals surface area contributed by atoms with E-state index in [0.29, 0.717) is 18.2 Å². The SMILES string of the molecule is Cc1nc(NCCS(=O)(=O)Cc2ccccc2)c2c(-c3cccs3)csc2n1. The van der Waals surface area contributed by atoms with Gasteiger partial charge in [-0.25, -0.2) is 18.4 Å². The molecule has 3 heterocycles. The highest BCUT2D eigenvalue weighted by Crippen LogP contribution is 2.38. The summed E-state index contributed by atoms with van der Waals surface area (Å²) in [7, 11) is -3.21. The van der Waals surface area contributed by atoms with Gasteiger partial charge in [-0.05, 0) is 23.9 Å². The smallest absolute Gasteiger partial charge is 0.156 e. The van der Waals surface area contributed by atoms with Crippen LogP contribution >= 0.6 is 22.7 Å². The zero-order valence-electron chi connectivity index (χ0n) is 15.3. The van der Waals surface area contributed by atoms with Crippen LogP contribution < -0.4 is 5.32 Å². The van der Waals surface area contributed by atoms with Gasteiger partial charge in [0.2, 0.25) is 0 Å². The van der Waals surface area contributed by atoms with Gasteiger partial charge >= 0.3 is 0 Å². The molecular weight excluding hydrogens is 410 g/mol. The number of aromatic nitrogens is 2. The monoisotopic (exact) mass is 429 g/mol. The summed E-state index contributed by atoms with van der Waals surface area (Å²) in [6, 6.07) is 13.3. The van der Waals surface area contributed by atoms with E-state index in [1.165, 1.54) is 0 Å². The summed E-state index contributed by atoms with van der Waals surface area (Å²) in [4.78, 5) is 11.1. The van der Waals surface area contributed by atoms with Gasteiger partial charge in [-0.15, -0.1) is 22.7 Å². The van der Waals surface area contributed by atoms with Crippen LogP contribution in [0.15, 0.2) is 53.2 Å². The van der Waals surface area contributed by atoms with Crippen LogP contribution in [0.2, 0.25) is 0 Å². The molecule has 0 saturated heterocycles. The molecule has 0 aliphatic heterocycles. The molecule has 0 saturated carbocycles. The molecule has 1 aromatic carbocycles. The molecule has 4 aromatic rings. The topological polar surface area (TPSA) is 72.0 Å². The zero-order chi connectivity index (χ0) is 19.6. The number of hydrogen-bond acceptors (Lipinski definition) is 7. The zero-order valence-corrected chi connectivity index (χ0v) is 17.7. The molecule has 4 rings (SSSR count). The van der Waals surface area contributed by atoms with Crippen molar-refractivity contribution in [3.63, 3.8) is 0 Å². The molecule has 0 aliphatic rings. The number of nitrogens with one attached hydrogen (secondary N) is 1. The highest BCUT2D eigenvalue weighted by atomic mass is 32.2. The average Bonchev–Trinajstić information content (AvgIpc) is 3.31. The molecule has 0 aliphatic carbocycles. The van der Waals surface area contributed by atoms with Crippen molar-refractivity contribution in [1.29, 1.82) is 0 Å². The van der Waals surface area contributed by atoms with Crippen molar-refractivity contribution in [3.05, 3.63) is 64.6 Å². The summed E-state index contributed by atoms with van der Waals surface area (Å²) in [5, 5.41) is 8.32. The maximum atomic E-state index is 12.5. The second-order valence-corrected chi connectivity index (χ2v) is 10.4. The molecule has 0 unspecified atom stereocenters. The largest absolute Gasteiger partial charge is 0.368 e. The van der Waals surface area contributed by atoms with Crippen LogP contribution in [0.5, 0.6) is 0 Å². The van der Waals surface area contributed by atoms with Gasteiger partial charge in [0.05, 0.1) is 16.9 Å². The minimum atomic E-state index is -3.21. The van der Waals surface area contributed by atoms with E-state index in [-0.39, 0.29) is 11.5 Å². The Morgan fingerprint density at radius 3 is 2.61 bits per heavy atom. The van der Waals surface area contributed by atoms with Gasteiger partial charge in [0.25, 0.3) is 0 Å². The highest BCUT2D eigenvalue weighted by molar-refractivity contribution is 7.90. The molecule has 8 heteroatoms. The van der Waals surface area contributed by atoms with Gasteiger partial charge in [-0.1, -0.05) is 36.4 Å². The van der Waals surface area contributed by atoms with Gasteiger partial charge in [0.15, 0.2) is 9.84 Å². The van der Waals surface area contributed by atoms with Crippen LogP contribution in [0.4, 0.5) is 5.82 Å². The number of sulfone groups is 1. The Morgan fingerprint density at radius 2 is 1.86 bits per heavy atom. The van der Waals surface area contributed by atoms with Gasteiger partial charge in [0, 0.05) is 22.4 Å². The van der Waals surface area contributed by atoms with Gasteiger partial charge in [0.1, 0.15) is 16.5 Å². The predicted octanol–water partition coefficient (Wildman–Crippen LogP) is 4.76. The number of fused-ring (bicyclic) bond motifs is 1. The fourth-order valence-electron chi connectivity index (χ4n) is 3.01. The Labute approximate surface area is 172 Å². The summed E-state index contributed by atoms with van der Waals surface area (Å²) < 4.78 is 24.9. The average molecular weight is 430 g/mol. The fraction of sp³-hybridized carbons (Fsp3) is 0.200. The molecule has 0 bridgehead atoms. The number of thiophene rings is 2. The van der Waals surface area contributed by atoms with E-state index in [1.807, 2.05) is 48.7 Å². The number of benzene rings is 1. The fourth-order valence-corrected chi connectivity index (χ4v) is 6.08. The van der Waals surface area contributed by atoms with E-state index in [1.54, 1.807) is 22.7 Å². The van der Waals surface area contributed by atoms with Crippen molar-refractivity contribution in [2.75, 3.05) is 17.6 Å². The lowest BCUT2D eigenvalue weighted by molar-refractivity contribution is 0.595. The Morgan fingerprint density at radius 1 is 1.04 bits per heavy atom. The lowest BCUT2D eigenvalue weighted by Gasteiger charge is -2.10. The maximum Gasteiger partial charge on any atom is 0.156 e. The first kappa shape index (κ1) is 19.0. The number of aryl methyl sites for hydroxylation is 1. The third-order valence-corrected chi connectivity index (χ3v) is 7.64. The minimum Gasteiger partial charge on any atom is -0.368 e. The van der Waals surface area contributed by atoms with Gasteiger partial charge < -0.3 is 5.32 Å². The molecule has 144 valence electrons. The Kier molecular flexibility index (Phi) is 5.43. The molecule has 0 radical (unpaired) electrons. The number of nitrogens with zero attached hydrogens (tertiary/aromatic N) is 2. The van der Waals surface area contributed by atoms with E-state index in [4.69, 9.17) is 0 Å². The van der Waals surface area contributed by atoms with Crippen LogP contribution in [-0.2, 0) is 15.6 Å². The molecule has 3 aromatic heterocycles. The molecule has 0 spiro atoms. The minimum absolute atomic E-state index is 0.0465. The lowest BCUT2D eigenvalue weighted by Crippen LogP contribution is -2.18. The molecule has 0 atom stereocenters. The third-order valence-electron chi connectivity index (χ3n) is 4.27. The summed E-state index contributed by atoms with van der Waals surface area (Å²) in [6.45, 7) is 2.15. The van der Waals surface area contributed by atoms with Crippen LogP contribution in [0, 0.1) is 6.92 Å². The van der Waals surface area contributed by atoms with Crippen LogP contribution in [0.3, 0.4) is 0 Å². The Bertz CT molecular complexity index is 1180. The highest BCUT2D eigenvalue weighted by Gasteiger charge is 2.16. The Balaban J connectivity index is 1.54. The number of rotatable bonds is 7. The van der Waals surface area contributed by atoms with E-state index >= 15 is 0 Å². The first-order valence-corrected chi connectivity index (χ1v) is 12.4. The van der Waals surface area contributed by atoms with Gasteiger partial charge in [-0.3, -0.25) is 0 Å². The molecule has 0 amide bonds. The first-order valence-electron chi connectivity index (χ1n) is 8.80. The Hall–Kier alpha value is -2.29. The van der Waals surface area contributed by atoms with Crippen molar-refractivity contribution >= 4 is 48.5 Å². The first-order chi connectivity index (χ1) is 13.5. The number of hydrogen-bond donors (Lipinski definition) is 1. The van der Waals surface area contributed by atoms with Crippen LogP contribution in [0.1, 0.15) is 11.4 Å². The van der Waals surface area contributed by atoms with Crippen molar-refractivity contribution in [1.82, 2.24) is 9.97 Å². The molecule has 1 N–H and O–H groups in total. The van der Waals surface area contributed by atoms with Crippen molar-refractivity contribution in [2.45, 2.75) is 12.7 Å². The molecular formula is C20H19N3O2S3. The molecule has 28 heavy (non-hydrogen) atoms. The van der Waals surface area contributed by atoms with E-state index in [2.05, 4.69) is 26.7 Å². The summed E-state index contributed by atoms with van der Waals surface area (Å²) in [5.41, 5.74) is 1.89. The summed E-state index contributed by atoms with van der Waals surface area (Å²) >= 11 is 3.24. The third kappa shape index (κ3) is 4.24. The van der Waals surface area contributed by atoms with Crippen molar-refractivity contribution < 1.29 is 8.42 Å². The second kappa shape index (κ2) is 7.98. The normalized spacial score (nSPS) is 11.8. The maximum absolute atomic E-state index is 12.5. The van der Waals surface area contributed by atoms with E-state index in [0.717, 1.165) is 26.2 Å². The molecule has 5 nitrogen and oxygen atoms in total. The standard InChI is InChI=1S/C20H19N3O2S3/c1-14-22-19(18-16(12-27-20(18)23-14)17-8-5-10-26-17)21-9-11-28(24,25)13-15-6-3-2-4-7-15/h2-8,10,12H,9,11,13H2,1H3,(H,21,22,23). The predicted molar refractivity (Wildman–Crippen MR) is 118 cm³/mol. The molecule has 0 fully saturated rings. The number of anilines is 1. The quantitative estimate of drug-likeness (QED) is 0.459. The van der Waals surface area contributed by atoms with E-state index in [9.17, 15) is 8.42 Å². The second-order valence-electron chi connectivity index (χ2n) is 6.43. The summed E-state index contributed by atoms with van der Waals surface area (Å²) in [6.07, 6.45) is 0. The summed E-state index contributed by atoms with van der Waals surface area (Å²) in [5.74, 6) is 1.46. The van der Waals surface area contributed by atoms with Crippen molar-refractivity contribution in [3.8, 4) is 10.4 Å².